The van der Waals surface area contributed by atoms with Crippen LogP contribution in [-0.4, -0.2) is 35.0 Å². The number of carbonyl (C=O) groups excluding carboxylic acids is 2. The lowest BCUT2D eigenvalue weighted by atomic mass is 10.1. The summed E-state index contributed by atoms with van der Waals surface area (Å²) in [7, 11) is 1.60. The average molecular weight is 570 g/mol. The SMILES string of the molecule is COc1ccc(C(C)NC(=O)c2cn(Cc3ccc(Cl)cc3)c(=O)c3c2SC[C@@H]3NC(=O)OC(C)(C)C)cc1. The molecule has 39 heavy (non-hydrogen) atoms. The normalized spacial score (nSPS) is 15.3. The number of amides is 2. The molecule has 0 fully saturated rings. The number of fused-ring (bicyclic) bond motifs is 1. The minimum Gasteiger partial charge on any atom is -0.497 e. The first-order chi connectivity index (χ1) is 18.4. The Kier molecular flexibility index (Phi) is 8.61. The highest BCUT2D eigenvalue weighted by molar-refractivity contribution is 7.99. The third-order valence-electron chi connectivity index (χ3n) is 6.17. The summed E-state index contributed by atoms with van der Waals surface area (Å²) in [6.45, 7) is 7.45. The van der Waals surface area contributed by atoms with Crippen molar-refractivity contribution < 1.29 is 19.1 Å². The van der Waals surface area contributed by atoms with Gasteiger partial charge in [0.15, 0.2) is 0 Å². The second-order valence-corrected chi connectivity index (χ2v) is 11.8. The van der Waals surface area contributed by atoms with E-state index in [0.29, 0.717) is 26.8 Å². The van der Waals surface area contributed by atoms with Gasteiger partial charge in [0.25, 0.3) is 11.5 Å². The first-order valence-electron chi connectivity index (χ1n) is 12.5. The molecule has 0 saturated carbocycles. The molecule has 0 bridgehead atoms. The van der Waals surface area contributed by atoms with Gasteiger partial charge < -0.3 is 24.7 Å². The molecule has 0 aliphatic carbocycles. The Morgan fingerprint density at radius 2 is 1.79 bits per heavy atom. The van der Waals surface area contributed by atoms with Crippen LogP contribution in [0.15, 0.2) is 64.4 Å². The maximum atomic E-state index is 13.7. The van der Waals surface area contributed by atoms with Gasteiger partial charge in [-0.2, -0.15) is 0 Å². The Morgan fingerprint density at radius 1 is 1.13 bits per heavy atom. The number of pyridine rings is 1. The number of carbonyl (C=O) groups is 2. The monoisotopic (exact) mass is 569 g/mol. The van der Waals surface area contributed by atoms with E-state index in [1.165, 1.54) is 16.3 Å². The fourth-order valence-electron chi connectivity index (χ4n) is 4.26. The van der Waals surface area contributed by atoms with Crippen LogP contribution in [0.4, 0.5) is 4.79 Å². The number of benzene rings is 2. The number of alkyl carbamates (subject to hydrolysis) is 1. The van der Waals surface area contributed by atoms with Gasteiger partial charge >= 0.3 is 6.09 Å². The summed E-state index contributed by atoms with van der Waals surface area (Å²) in [4.78, 5) is 40.4. The molecule has 2 amide bonds. The van der Waals surface area contributed by atoms with E-state index in [4.69, 9.17) is 21.1 Å². The Balaban J connectivity index is 1.68. The molecule has 0 radical (unpaired) electrons. The topological polar surface area (TPSA) is 98.7 Å². The zero-order valence-electron chi connectivity index (χ0n) is 22.5. The van der Waals surface area contributed by atoms with Gasteiger partial charge in [0, 0.05) is 21.9 Å². The van der Waals surface area contributed by atoms with Crippen molar-refractivity contribution in [3.05, 3.63) is 92.4 Å². The van der Waals surface area contributed by atoms with Gasteiger partial charge in [-0.05, 0) is 63.1 Å². The van der Waals surface area contributed by atoms with E-state index in [9.17, 15) is 14.4 Å². The molecule has 2 N–H and O–H groups in total. The summed E-state index contributed by atoms with van der Waals surface area (Å²) in [5.74, 6) is 0.817. The molecular formula is C29H32ClN3O5S. The second-order valence-electron chi connectivity index (χ2n) is 10.3. The summed E-state index contributed by atoms with van der Waals surface area (Å²) in [5, 5.41) is 6.45. The van der Waals surface area contributed by atoms with Gasteiger partial charge in [-0.25, -0.2) is 4.79 Å². The first kappa shape index (κ1) is 28.6. The molecule has 10 heteroatoms. The molecule has 0 saturated heterocycles. The number of hydrogen-bond donors (Lipinski definition) is 2. The van der Waals surface area contributed by atoms with Crippen LogP contribution in [0.5, 0.6) is 5.75 Å². The lowest BCUT2D eigenvalue weighted by molar-refractivity contribution is 0.0508. The number of halogens is 1. The van der Waals surface area contributed by atoms with Crippen LogP contribution in [-0.2, 0) is 11.3 Å². The van der Waals surface area contributed by atoms with Crippen LogP contribution in [0.1, 0.15) is 66.8 Å². The second kappa shape index (κ2) is 11.8. The van der Waals surface area contributed by atoms with Crippen molar-refractivity contribution in [3.8, 4) is 5.75 Å². The number of ether oxygens (including phenoxy) is 2. The Bertz CT molecular complexity index is 1420. The predicted octanol–water partition coefficient (Wildman–Crippen LogP) is 5.72. The van der Waals surface area contributed by atoms with Crippen LogP contribution >= 0.6 is 23.4 Å². The highest BCUT2D eigenvalue weighted by Gasteiger charge is 2.34. The van der Waals surface area contributed by atoms with Gasteiger partial charge in [0.1, 0.15) is 11.4 Å². The van der Waals surface area contributed by atoms with Crippen molar-refractivity contribution >= 4 is 35.4 Å². The van der Waals surface area contributed by atoms with Crippen molar-refractivity contribution in [3.63, 3.8) is 0 Å². The van der Waals surface area contributed by atoms with Crippen LogP contribution in [0.3, 0.4) is 0 Å². The fourth-order valence-corrected chi connectivity index (χ4v) is 5.66. The molecule has 2 aromatic carbocycles. The Labute approximate surface area is 237 Å². The van der Waals surface area contributed by atoms with Gasteiger partial charge in [-0.3, -0.25) is 9.59 Å². The largest absolute Gasteiger partial charge is 0.497 e. The summed E-state index contributed by atoms with van der Waals surface area (Å²) >= 11 is 7.41. The first-order valence-corrected chi connectivity index (χ1v) is 13.9. The molecule has 1 aliphatic heterocycles. The highest BCUT2D eigenvalue weighted by Crippen LogP contribution is 2.39. The van der Waals surface area contributed by atoms with E-state index in [1.807, 2.05) is 43.3 Å². The molecule has 4 rings (SSSR count). The molecule has 206 valence electrons. The molecule has 2 heterocycles. The van der Waals surface area contributed by atoms with E-state index < -0.39 is 17.7 Å². The summed E-state index contributed by atoms with van der Waals surface area (Å²) < 4.78 is 12.1. The number of aromatic nitrogens is 1. The van der Waals surface area contributed by atoms with Crippen LogP contribution in [0, 0.1) is 0 Å². The van der Waals surface area contributed by atoms with Gasteiger partial charge in [-0.1, -0.05) is 35.9 Å². The van der Waals surface area contributed by atoms with E-state index >= 15 is 0 Å². The van der Waals surface area contributed by atoms with Crippen molar-refractivity contribution in [1.29, 1.82) is 0 Å². The summed E-state index contributed by atoms with van der Waals surface area (Å²) in [6.07, 6.45) is 0.974. The molecule has 3 aromatic rings. The zero-order valence-corrected chi connectivity index (χ0v) is 24.1. The Morgan fingerprint density at radius 3 is 2.41 bits per heavy atom. The maximum Gasteiger partial charge on any atom is 0.408 e. The molecule has 2 atom stereocenters. The number of thioether (sulfide) groups is 1. The number of rotatable bonds is 7. The minimum atomic E-state index is -0.688. The molecule has 0 spiro atoms. The number of hydrogen-bond acceptors (Lipinski definition) is 6. The molecular weight excluding hydrogens is 538 g/mol. The lowest BCUT2D eigenvalue weighted by Crippen LogP contribution is -2.38. The van der Waals surface area contributed by atoms with E-state index in [1.54, 1.807) is 46.2 Å². The molecule has 8 nitrogen and oxygen atoms in total. The summed E-state index contributed by atoms with van der Waals surface area (Å²) in [5.41, 5.74) is 1.55. The summed E-state index contributed by atoms with van der Waals surface area (Å²) in [6, 6.07) is 13.7. The van der Waals surface area contributed by atoms with Crippen LogP contribution in [0.2, 0.25) is 5.02 Å². The standard InChI is InChI=1S/C29H32ClN3O5S/c1-17(19-8-12-21(37-5)13-9-19)31-26(34)22-15-33(14-18-6-10-20(30)11-7-18)27(35)24-23(16-39-25(22)24)32-28(36)38-29(2,3)4/h6-13,15,17,23H,14,16H2,1-5H3,(H,31,34)(H,32,36)/t17?,23-/m0/s1. The lowest BCUT2D eigenvalue weighted by Gasteiger charge is -2.22. The maximum absolute atomic E-state index is 13.7. The average Bonchev–Trinajstić information content (AvgIpc) is 3.29. The predicted molar refractivity (Wildman–Crippen MR) is 153 cm³/mol. The Hall–Kier alpha value is -3.43. The van der Waals surface area contributed by atoms with E-state index in [0.717, 1.165) is 16.9 Å². The zero-order chi connectivity index (χ0) is 28.3. The van der Waals surface area contributed by atoms with Gasteiger partial charge in [0.2, 0.25) is 0 Å². The van der Waals surface area contributed by atoms with Crippen LogP contribution < -0.4 is 20.9 Å². The van der Waals surface area contributed by atoms with Gasteiger partial charge in [-0.15, -0.1) is 11.8 Å². The quantitative estimate of drug-likeness (QED) is 0.377. The third kappa shape index (κ3) is 6.96. The minimum absolute atomic E-state index is 0.238. The van der Waals surface area contributed by atoms with Crippen LogP contribution in [0.25, 0.3) is 0 Å². The smallest absolute Gasteiger partial charge is 0.408 e. The third-order valence-corrected chi connectivity index (χ3v) is 7.65. The van der Waals surface area contributed by atoms with E-state index in [-0.39, 0.29) is 24.1 Å². The number of nitrogens with one attached hydrogen (secondary N) is 2. The van der Waals surface area contributed by atoms with Crippen molar-refractivity contribution in [1.82, 2.24) is 15.2 Å². The number of nitrogens with zero attached hydrogens (tertiary/aromatic N) is 1. The van der Waals surface area contributed by atoms with E-state index in [2.05, 4.69) is 10.6 Å². The van der Waals surface area contributed by atoms with Crippen molar-refractivity contribution in [2.24, 2.45) is 0 Å². The van der Waals surface area contributed by atoms with Crippen molar-refractivity contribution in [2.45, 2.75) is 56.8 Å². The highest BCUT2D eigenvalue weighted by atomic mass is 35.5. The fraction of sp³-hybridized carbons (Fsp3) is 0.345. The number of methoxy groups -OCH3 is 1. The van der Waals surface area contributed by atoms with Crippen molar-refractivity contribution in [2.75, 3.05) is 12.9 Å². The molecule has 1 aromatic heterocycles. The molecule has 1 aliphatic rings. The molecule has 1 unspecified atom stereocenters. The van der Waals surface area contributed by atoms with Gasteiger partial charge in [0.05, 0.1) is 36.9 Å².